The van der Waals surface area contributed by atoms with E-state index in [0.717, 1.165) is 24.6 Å². The van der Waals surface area contributed by atoms with E-state index in [9.17, 15) is 29.1 Å². The number of hydrogen-bond donors (Lipinski definition) is 7. The highest BCUT2D eigenvalue weighted by Gasteiger charge is 2.25. The summed E-state index contributed by atoms with van der Waals surface area (Å²) >= 11 is 1.13. The van der Waals surface area contributed by atoms with Crippen molar-refractivity contribution in [2.75, 3.05) is 12.3 Å². The van der Waals surface area contributed by atoms with Crippen LogP contribution < -0.4 is 16.4 Å². The number of carboxylic acid groups (broad SMARTS) is 3. The van der Waals surface area contributed by atoms with Gasteiger partial charge in [0.05, 0.1) is 6.10 Å². The molecule has 0 rings (SSSR count). The molecule has 0 bridgehead atoms. The quantitative estimate of drug-likeness (QED) is 0.0444. The van der Waals surface area contributed by atoms with E-state index in [1.54, 1.807) is 18.2 Å². The Bertz CT molecular complexity index is 982. The van der Waals surface area contributed by atoms with Crippen LogP contribution in [0.4, 0.5) is 0 Å². The number of aliphatic carboxylic acids is 3. The van der Waals surface area contributed by atoms with Crippen molar-refractivity contribution in [3.05, 3.63) is 48.6 Å². The summed E-state index contributed by atoms with van der Waals surface area (Å²) in [5, 5.41) is 41.6. The molecule has 8 N–H and O–H groups in total. The zero-order valence-electron chi connectivity index (χ0n) is 24.7. The Hall–Kier alpha value is -3.42. The van der Waals surface area contributed by atoms with Crippen molar-refractivity contribution in [1.29, 1.82) is 0 Å². The van der Waals surface area contributed by atoms with Gasteiger partial charge >= 0.3 is 17.9 Å². The van der Waals surface area contributed by atoms with Gasteiger partial charge in [-0.05, 0) is 38.5 Å². The van der Waals surface area contributed by atoms with E-state index < -0.39 is 59.7 Å². The fraction of sp³-hybridized carbons (Fsp3) is 0.567. The minimum absolute atomic E-state index is 0.0542. The van der Waals surface area contributed by atoms with Crippen LogP contribution in [-0.2, 0) is 24.0 Å². The molecule has 4 atom stereocenters. The van der Waals surface area contributed by atoms with Crippen molar-refractivity contribution in [2.24, 2.45) is 5.73 Å². The molecule has 2 amide bonds. The molecule has 12 nitrogen and oxygen atoms in total. The van der Waals surface area contributed by atoms with Gasteiger partial charge in [-0.25, -0.2) is 0 Å². The fourth-order valence-electron chi connectivity index (χ4n) is 3.54. The molecule has 0 aliphatic carbocycles. The van der Waals surface area contributed by atoms with Gasteiger partial charge in [0.15, 0.2) is 0 Å². The predicted molar refractivity (Wildman–Crippen MR) is 166 cm³/mol. The Morgan fingerprint density at radius 1 is 0.860 bits per heavy atom. The number of nitrogens with one attached hydrogen (secondary N) is 2. The number of aliphatic hydroxyl groups is 1. The van der Waals surface area contributed by atoms with Crippen LogP contribution in [0, 0.1) is 0 Å². The van der Waals surface area contributed by atoms with Crippen molar-refractivity contribution < 1.29 is 44.4 Å². The SMILES string of the molecule is CCCCC/C=C\C\C=C/C=C/C=C/[C@H](SC[C@H](NC(=O)CCC(N)C(=O)O)C(=O)NCC(=O)O)C(O)CCCC(=O)O. The minimum atomic E-state index is -1.28. The van der Waals surface area contributed by atoms with Gasteiger partial charge < -0.3 is 36.8 Å². The number of carbonyl (C=O) groups excluding carboxylic acids is 2. The molecule has 0 aliphatic heterocycles. The number of allylic oxidation sites excluding steroid dienone is 7. The molecular formula is C30H47N3O9S. The normalized spacial score (nSPS) is 14.7. The Labute approximate surface area is 257 Å². The van der Waals surface area contributed by atoms with Crippen molar-refractivity contribution in [3.63, 3.8) is 0 Å². The zero-order valence-corrected chi connectivity index (χ0v) is 25.5. The number of unbranched alkanes of at least 4 members (excludes halogenated alkanes) is 3. The number of aliphatic hydroxyl groups excluding tert-OH is 1. The maximum atomic E-state index is 12.6. The average molecular weight is 626 g/mol. The Kier molecular flexibility index (Phi) is 23.1. The van der Waals surface area contributed by atoms with Crippen LogP contribution in [0.2, 0.25) is 0 Å². The summed E-state index contributed by atoms with van der Waals surface area (Å²) in [6.07, 6.45) is 19.5. The van der Waals surface area contributed by atoms with Gasteiger partial charge in [-0.2, -0.15) is 0 Å². The summed E-state index contributed by atoms with van der Waals surface area (Å²) in [6.45, 7) is 1.49. The lowest BCUT2D eigenvalue weighted by Crippen LogP contribution is -2.50. The molecule has 0 aromatic rings. The van der Waals surface area contributed by atoms with E-state index in [2.05, 4.69) is 29.7 Å². The van der Waals surface area contributed by atoms with Gasteiger partial charge in [-0.15, -0.1) is 11.8 Å². The second-order valence-corrected chi connectivity index (χ2v) is 11.0. The molecule has 0 saturated carbocycles. The Morgan fingerprint density at radius 2 is 1.58 bits per heavy atom. The highest BCUT2D eigenvalue weighted by molar-refractivity contribution is 8.00. The third-order valence-electron chi connectivity index (χ3n) is 5.97. The number of amides is 2. The number of nitrogens with two attached hydrogens (primary N) is 1. The molecule has 0 saturated heterocycles. The third kappa shape index (κ3) is 22.8. The summed E-state index contributed by atoms with van der Waals surface area (Å²) in [7, 11) is 0. The molecule has 0 radical (unpaired) electrons. The highest BCUT2D eigenvalue weighted by Crippen LogP contribution is 2.22. The van der Waals surface area contributed by atoms with Crippen LogP contribution in [0.3, 0.4) is 0 Å². The summed E-state index contributed by atoms with van der Waals surface area (Å²) in [5.41, 5.74) is 5.43. The zero-order chi connectivity index (χ0) is 32.5. The molecule has 0 aromatic carbocycles. The van der Waals surface area contributed by atoms with Gasteiger partial charge in [0.25, 0.3) is 0 Å². The molecule has 0 aliphatic rings. The largest absolute Gasteiger partial charge is 0.481 e. The van der Waals surface area contributed by atoms with Crippen LogP contribution in [0.25, 0.3) is 0 Å². The average Bonchev–Trinajstić information content (AvgIpc) is 2.95. The second kappa shape index (κ2) is 25.1. The molecule has 0 aromatic heterocycles. The van der Waals surface area contributed by atoms with Crippen LogP contribution in [0.1, 0.15) is 71.1 Å². The Morgan fingerprint density at radius 3 is 2.23 bits per heavy atom. The lowest BCUT2D eigenvalue weighted by atomic mass is 10.1. The molecular weight excluding hydrogens is 578 g/mol. The van der Waals surface area contributed by atoms with E-state index in [4.69, 9.17) is 21.1 Å². The Balaban J connectivity index is 5.38. The number of rotatable bonds is 25. The van der Waals surface area contributed by atoms with Crippen molar-refractivity contribution in [3.8, 4) is 0 Å². The number of thioether (sulfide) groups is 1. The van der Waals surface area contributed by atoms with Crippen LogP contribution in [-0.4, -0.2) is 85.9 Å². The van der Waals surface area contributed by atoms with Gasteiger partial charge in [0.2, 0.25) is 11.8 Å². The van der Waals surface area contributed by atoms with Gasteiger partial charge in [-0.1, -0.05) is 68.4 Å². The van der Waals surface area contributed by atoms with Gasteiger partial charge in [0, 0.05) is 23.8 Å². The molecule has 0 heterocycles. The first kappa shape index (κ1) is 39.6. The maximum absolute atomic E-state index is 12.6. The first-order chi connectivity index (χ1) is 20.5. The third-order valence-corrected chi connectivity index (χ3v) is 7.36. The first-order valence-electron chi connectivity index (χ1n) is 14.4. The number of carboxylic acids is 3. The van der Waals surface area contributed by atoms with Gasteiger partial charge in [0.1, 0.15) is 18.6 Å². The highest BCUT2D eigenvalue weighted by atomic mass is 32.2. The fourth-order valence-corrected chi connectivity index (χ4v) is 4.75. The van der Waals surface area contributed by atoms with Crippen molar-refractivity contribution >= 4 is 41.5 Å². The standard InChI is InChI=1S/C30H47N3O9S/c1-2-3-4-5-6-7-8-9-10-11-12-13-16-25(24(34)15-14-17-27(36)37)43-21-23(29(40)32-20-28(38)39)33-26(35)19-18-22(31)30(41)42/h6-7,9-13,16,22-25,34H,2-5,8,14-15,17-21,31H2,1H3,(H,32,40)(H,33,35)(H,36,37)(H,38,39)(H,41,42)/b7-6-,10-9-,12-11+,16-13+/t22?,23-,24?,25-/m0/s1. The number of carbonyl (C=O) groups is 5. The van der Waals surface area contributed by atoms with Crippen molar-refractivity contribution in [1.82, 2.24) is 10.6 Å². The lowest BCUT2D eigenvalue weighted by molar-refractivity contribution is -0.139. The minimum Gasteiger partial charge on any atom is -0.481 e. The molecule has 2 unspecified atom stereocenters. The van der Waals surface area contributed by atoms with E-state index in [0.29, 0.717) is 0 Å². The summed E-state index contributed by atoms with van der Waals surface area (Å²) in [5.74, 6) is -5.01. The van der Waals surface area contributed by atoms with Crippen LogP contribution in [0.15, 0.2) is 48.6 Å². The summed E-state index contributed by atoms with van der Waals surface area (Å²) in [6, 6.07) is -2.45. The molecule has 13 heteroatoms. The molecule has 242 valence electrons. The van der Waals surface area contributed by atoms with E-state index in [1.807, 2.05) is 18.2 Å². The molecule has 43 heavy (non-hydrogen) atoms. The van der Waals surface area contributed by atoms with Gasteiger partial charge in [-0.3, -0.25) is 24.0 Å². The molecule has 0 fully saturated rings. The predicted octanol–water partition coefficient (Wildman–Crippen LogP) is 2.78. The lowest BCUT2D eigenvalue weighted by Gasteiger charge is -2.23. The first-order valence-corrected chi connectivity index (χ1v) is 15.5. The molecule has 0 spiro atoms. The summed E-state index contributed by atoms with van der Waals surface area (Å²) < 4.78 is 0. The van der Waals surface area contributed by atoms with E-state index in [-0.39, 0.29) is 37.9 Å². The van der Waals surface area contributed by atoms with E-state index in [1.165, 1.54) is 19.3 Å². The monoisotopic (exact) mass is 625 g/mol. The summed E-state index contributed by atoms with van der Waals surface area (Å²) in [4.78, 5) is 57.8. The van der Waals surface area contributed by atoms with Crippen molar-refractivity contribution in [2.45, 2.75) is 94.6 Å². The van der Waals surface area contributed by atoms with Crippen LogP contribution >= 0.6 is 11.8 Å². The second-order valence-electron chi connectivity index (χ2n) is 9.77. The maximum Gasteiger partial charge on any atom is 0.322 e. The number of hydrogen-bond acceptors (Lipinski definition) is 8. The topological polar surface area (TPSA) is 216 Å². The van der Waals surface area contributed by atoms with E-state index >= 15 is 0 Å². The van der Waals surface area contributed by atoms with Crippen LogP contribution in [0.5, 0.6) is 0 Å². The smallest absolute Gasteiger partial charge is 0.322 e.